The first-order chi connectivity index (χ1) is 19.7. The number of carbonyl (C=O) groups is 4. The Morgan fingerprint density at radius 3 is 1.41 bits per heavy atom. The molecule has 0 radical (unpaired) electrons. The van der Waals surface area contributed by atoms with Crippen LogP contribution in [0, 0.1) is 24.7 Å². The Balaban J connectivity index is 1.40. The topological polar surface area (TPSA) is 133 Å². The van der Waals surface area contributed by atoms with Crippen LogP contribution in [0.15, 0.2) is 84.9 Å². The highest BCUT2D eigenvalue weighted by atomic mass is 16.4. The SMILES string of the molecule is C#Cc1ccc(C(=O)Nc2ccc(Cc3ccc(NC(=O)c4cc(C#C)ccc4C(=O)O)cc3)cc2)c(C(=O)O)c1. The number of terminal acetylenes is 2. The van der Waals surface area contributed by atoms with Crippen molar-refractivity contribution < 1.29 is 29.4 Å². The number of rotatable bonds is 8. The molecule has 0 atom stereocenters. The molecule has 0 aliphatic heterocycles. The van der Waals surface area contributed by atoms with Gasteiger partial charge in [-0.3, -0.25) is 9.59 Å². The van der Waals surface area contributed by atoms with Gasteiger partial charge in [-0.25, -0.2) is 9.59 Å². The van der Waals surface area contributed by atoms with Gasteiger partial charge in [-0.15, -0.1) is 12.8 Å². The van der Waals surface area contributed by atoms with Crippen molar-refractivity contribution in [3.05, 3.63) is 129 Å². The largest absolute Gasteiger partial charge is 0.478 e. The Hall–Kier alpha value is -6.12. The van der Waals surface area contributed by atoms with Crippen LogP contribution in [-0.4, -0.2) is 34.0 Å². The minimum atomic E-state index is -1.25. The lowest BCUT2D eigenvalue weighted by Crippen LogP contribution is -2.16. The van der Waals surface area contributed by atoms with Crippen LogP contribution in [0.3, 0.4) is 0 Å². The number of carboxylic acids is 2. The third-order valence-corrected chi connectivity index (χ3v) is 6.15. The number of hydrogen-bond acceptors (Lipinski definition) is 4. The van der Waals surface area contributed by atoms with E-state index in [0.717, 1.165) is 11.1 Å². The summed E-state index contributed by atoms with van der Waals surface area (Å²) in [7, 11) is 0. The van der Waals surface area contributed by atoms with Gasteiger partial charge in [-0.05, 0) is 78.2 Å². The lowest BCUT2D eigenvalue weighted by atomic mass is 10.0. The lowest BCUT2D eigenvalue weighted by molar-refractivity contribution is 0.0683. The number of benzene rings is 4. The molecule has 200 valence electrons. The minimum Gasteiger partial charge on any atom is -0.478 e. The summed E-state index contributed by atoms with van der Waals surface area (Å²) in [5.74, 6) is 1.10. The molecule has 4 aromatic rings. The van der Waals surface area contributed by atoms with Gasteiger partial charge in [-0.1, -0.05) is 36.1 Å². The number of carbonyl (C=O) groups excluding carboxylic acids is 2. The van der Waals surface area contributed by atoms with Crippen molar-refractivity contribution in [2.45, 2.75) is 6.42 Å². The number of aromatic carboxylic acids is 2. The monoisotopic (exact) mass is 542 g/mol. The molecule has 2 amide bonds. The van der Waals surface area contributed by atoms with Crippen LogP contribution < -0.4 is 10.6 Å². The fourth-order valence-electron chi connectivity index (χ4n) is 4.06. The van der Waals surface area contributed by atoms with Gasteiger partial charge in [-0.2, -0.15) is 0 Å². The zero-order valence-electron chi connectivity index (χ0n) is 21.5. The van der Waals surface area contributed by atoms with Crippen molar-refractivity contribution in [3.63, 3.8) is 0 Å². The Labute approximate surface area is 235 Å². The van der Waals surface area contributed by atoms with E-state index in [4.69, 9.17) is 12.8 Å². The maximum absolute atomic E-state index is 12.8. The second-order valence-electron chi connectivity index (χ2n) is 8.90. The molecule has 0 heterocycles. The molecule has 0 bridgehead atoms. The Bertz CT molecular complexity index is 1760. The van der Waals surface area contributed by atoms with Gasteiger partial charge in [0.05, 0.1) is 22.3 Å². The van der Waals surface area contributed by atoms with E-state index in [1.807, 2.05) is 24.3 Å². The summed E-state index contributed by atoms with van der Waals surface area (Å²) in [5.41, 5.74) is 3.24. The molecular formula is C33H22N2O6. The van der Waals surface area contributed by atoms with Gasteiger partial charge in [0.15, 0.2) is 0 Å². The number of carboxylic acid groups (broad SMARTS) is 2. The number of amides is 2. The van der Waals surface area contributed by atoms with Crippen molar-refractivity contribution >= 4 is 35.1 Å². The average molecular weight is 543 g/mol. The predicted octanol–water partition coefficient (Wildman–Crippen LogP) is 5.14. The first-order valence-corrected chi connectivity index (χ1v) is 12.2. The molecule has 0 saturated carbocycles. The minimum absolute atomic E-state index is 0.00399. The zero-order valence-corrected chi connectivity index (χ0v) is 21.5. The molecule has 0 fully saturated rings. The molecule has 0 spiro atoms. The lowest BCUT2D eigenvalue weighted by Gasteiger charge is -2.10. The molecule has 41 heavy (non-hydrogen) atoms. The number of anilines is 2. The van der Waals surface area contributed by atoms with Crippen molar-refractivity contribution in [2.75, 3.05) is 10.6 Å². The average Bonchev–Trinajstić information content (AvgIpc) is 2.98. The van der Waals surface area contributed by atoms with E-state index in [9.17, 15) is 29.4 Å². The summed E-state index contributed by atoms with van der Waals surface area (Å²) in [6.07, 6.45) is 11.3. The molecule has 0 unspecified atom stereocenters. The highest BCUT2D eigenvalue weighted by Crippen LogP contribution is 2.20. The number of hydrogen-bond donors (Lipinski definition) is 4. The summed E-state index contributed by atoms with van der Waals surface area (Å²) < 4.78 is 0. The van der Waals surface area contributed by atoms with Gasteiger partial charge in [0.1, 0.15) is 0 Å². The molecule has 4 N–H and O–H groups in total. The second-order valence-corrected chi connectivity index (χ2v) is 8.90. The van der Waals surface area contributed by atoms with E-state index in [0.29, 0.717) is 28.9 Å². The van der Waals surface area contributed by atoms with E-state index in [2.05, 4.69) is 22.5 Å². The number of nitrogens with one attached hydrogen (secondary N) is 2. The fourth-order valence-corrected chi connectivity index (χ4v) is 4.06. The molecule has 4 aromatic carbocycles. The van der Waals surface area contributed by atoms with Crippen molar-refractivity contribution in [1.29, 1.82) is 0 Å². The van der Waals surface area contributed by atoms with Crippen molar-refractivity contribution in [2.24, 2.45) is 0 Å². The predicted molar refractivity (Wildman–Crippen MR) is 154 cm³/mol. The Morgan fingerprint density at radius 2 is 0.976 bits per heavy atom. The molecule has 4 rings (SSSR count). The first kappa shape index (κ1) is 27.9. The van der Waals surface area contributed by atoms with Gasteiger partial charge in [0.25, 0.3) is 11.8 Å². The summed E-state index contributed by atoms with van der Waals surface area (Å²) >= 11 is 0. The van der Waals surface area contributed by atoms with Crippen LogP contribution in [0.25, 0.3) is 0 Å². The Kier molecular flexibility index (Phi) is 8.28. The normalized spacial score (nSPS) is 10.1. The van der Waals surface area contributed by atoms with Gasteiger partial charge >= 0.3 is 11.9 Å². The van der Waals surface area contributed by atoms with Gasteiger partial charge in [0.2, 0.25) is 0 Å². The highest BCUT2D eigenvalue weighted by molar-refractivity contribution is 6.11. The maximum Gasteiger partial charge on any atom is 0.336 e. The molecule has 8 heteroatoms. The zero-order chi connectivity index (χ0) is 29.5. The highest BCUT2D eigenvalue weighted by Gasteiger charge is 2.18. The summed E-state index contributed by atoms with van der Waals surface area (Å²) in [6, 6.07) is 22.4. The molecule has 0 aliphatic rings. The maximum atomic E-state index is 12.8. The molecule has 0 aliphatic carbocycles. The van der Waals surface area contributed by atoms with Crippen LogP contribution in [-0.2, 0) is 6.42 Å². The van der Waals surface area contributed by atoms with Crippen molar-refractivity contribution in [1.82, 2.24) is 0 Å². The van der Waals surface area contributed by atoms with Crippen molar-refractivity contribution in [3.8, 4) is 24.7 Å². The third kappa shape index (κ3) is 6.66. The van der Waals surface area contributed by atoms with Crippen LogP contribution >= 0.6 is 0 Å². The first-order valence-electron chi connectivity index (χ1n) is 12.2. The van der Waals surface area contributed by atoms with E-state index < -0.39 is 23.8 Å². The van der Waals surface area contributed by atoms with Crippen LogP contribution in [0.1, 0.15) is 63.7 Å². The quantitative estimate of drug-likeness (QED) is 0.228. The van der Waals surface area contributed by atoms with E-state index in [-0.39, 0.29) is 22.3 Å². The molecule has 0 saturated heterocycles. The molecular weight excluding hydrogens is 520 g/mol. The van der Waals surface area contributed by atoms with E-state index in [1.54, 1.807) is 24.3 Å². The van der Waals surface area contributed by atoms with Crippen LogP contribution in [0.4, 0.5) is 11.4 Å². The standard InChI is InChI=1S/C33H22N2O6/c1-3-20-10-16-27(32(38)39)28(18-20)31(37)35-25-13-7-23(8-14-25)17-22-5-11-24(12-6-22)34-30(36)26-15-9-21(4-2)19-29(26)33(40)41/h1-2,5-16,18-19H,17H2,(H,34,36)(H,35,37)(H,38,39)(H,40,41). The molecule has 0 aromatic heterocycles. The summed E-state index contributed by atoms with van der Waals surface area (Å²) in [5, 5.41) is 24.2. The third-order valence-electron chi connectivity index (χ3n) is 6.15. The smallest absolute Gasteiger partial charge is 0.336 e. The molecule has 8 nitrogen and oxygen atoms in total. The fraction of sp³-hybridized carbons (Fsp3) is 0.0303. The van der Waals surface area contributed by atoms with Crippen LogP contribution in [0.2, 0.25) is 0 Å². The van der Waals surface area contributed by atoms with E-state index >= 15 is 0 Å². The second kappa shape index (κ2) is 12.2. The van der Waals surface area contributed by atoms with E-state index in [1.165, 1.54) is 36.4 Å². The van der Waals surface area contributed by atoms with Gasteiger partial charge in [0, 0.05) is 22.5 Å². The van der Waals surface area contributed by atoms with Crippen LogP contribution in [0.5, 0.6) is 0 Å². The Morgan fingerprint density at radius 1 is 0.561 bits per heavy atom. The van der Waals surface area contributed by atoms with Gasteiger partial charge < -0.3 is 20.8 Å². The summed E-state index contributed by atoms with van der Waals surface area (Å²) in [4.78, 5) is 48.5. The summed E-state index contributed by atoms with van der Waals surface area (Å²) in [6.45, 7) is 0.